The molecular formula is C33H28F6N2O8S2. The fourth-order valence-corrected chi connectivity index (χ4v) is 5.87. The van der Waals surface area contributed by atoms with Crippen LogP contribution in [0.15, 0.2) is 120 Å². The lowest BCUT2D eigenvalue weighted by Crippen LogP contribution is -2.25. The summed E-state index contributed by atoms with van der Waals surface area (Å²) in [6.45, 7) is 0.0797. The first-order chi connectivity index (χ1) is 24.0. The van der Waals surface area contributed by atoms with Crippen LogP contribution in [0.25, 0.3) is 0 Å². The highest BCUT2D eigenvalue weighted by Crippen LogP contribution is 2.27. The summed E-state index contributed by atoms with van der Waals surface area (Å²) in [5.74, 6) is -1.02. The van der Waals surface area contributed by atoms with Gasteiger partial charge in [-0.2, -0.15) is 43.2 Å². The molecule has 0 N–H and O–H groups in total. The molecule has 10 nitrogen and oxygen atoms in total. The topological polar surface area (TPSA) is 130 Å². The van der Waals surface area contributed by atoms with Gasteiger partial charge in [0.2, 0.25) is 0 Å². The molecule has 0 saturated heterocycles. The van der Waals surface area contributed by atoms with Crippen molar-refractivity contribution in [2.24, 2.45) is 10.3 Å². The molecule has 4 aromatic carbocycles. The Hall–Kier alpha value is -5.10. The Morgan fingerprint density at radius 3 is 1.16 bits per heavy atom. The Bertz CT molecular complexity index is 1860. The van der Waals surface area contributed by atoms with Crippen LogP contribution in [0.1, 0.15) is 28.7 Å². The molecular weight excluding hydrogens is 730 g/mol. The first kappa shape index (κ1) is 38.7. The number of hydrogen-bond acceptors (Lipinski definition) is 10. The summed E-state index contributed by atoms with van der Waals surface area (Å²) in [5, 5.41) is 5.78. The average Bonchev–Trinajstić information content (AvgIpc) is 3.05. The van der Waals surface area contributed by atoms with Crippen LogP contribution in [-0.4, -0.2) is 53.8 Å². The number of halogens is 6. The Balaban J connectivity index is 1.28. The zero-order valence-electron chi connectivity index (χ0n) is 26.2. The van der Waals surface area contributed by atoms with Crippen LogP contribution < -0.4 is 9.47 Å². The van der Waals surface area contributed by atoms with Gasteiger partial charge in [-0.3, -0.25) is 8.57 Å². The molecule has 0 radical (unpaired) electrons. The molecule has 0 aromatic heterocycles. The molecule has 0 heterocycles. The highest BCUT2D eigenvalue weighted by molar-refractivity contribution is 7.86. The third kappa shape index (κ3) is 12.6. The largest absolute Gasteiger partial charge is 0.493 e. The predicted molar refractivity (Wildman–Crippen MR) is 174 cm³/mol. The lowest BCUT2D eigenvalue weighted by atomic mass is 10.1. The van der Waals surface area contributed by atoms with Gasteiger partial charge in [0.1, 0.15) is 23.0 Å². The number of rotatable bonds is 16. The summed E-state index contributed by atoms with van der Waals surface area (Å²) in [7, 11) is -8.94. The first-order valence-corrected chi connectivity index (χ1v) is 17.8. The zero-order valence-corrected chi connectivity index (χ0v) is 27.8. The molecule has 272 valence electrons. The minimum atomic E-state index is -5.04. The van der Waals surface area contributed by atoms with E-state index in [1.807, 2.05) is 0 Å². The van der Waals surface area contributed by atoms with Crippen LogP contribution in [0.5, 0.6) is 11.5 Å². The van der Waals surface area contributed by atoms with Gasteiger partial charge in [-0.25, -0.2) is 0 Å². The molecule has 0 aliphatic heterocycles. The second-order valence-corrected chi connectivity index (χ2v) is 13.6. The number of ether oxygens (including phenoxy) is 2. The Morgan fingerprint density at radius 1 is 0.510 bits per heavy atom. The van der Waals surface area contributed by atoms with Crippen molar-refractivity contribution in [2.75, 3.05) is 13.2 Å². The quantitative estimate of drug-likeness (QED) is 0.0510. The van der Waals surface area contributed by atoms with E-state index in [1.165, 1.54) is 48.5 Å². The molecule has 0 atom stereocenters. The molecule has 0 aliphatic rings. The summed E-state index contributed by atoms with van der Waals surface area (Å²) < 4.78 is 150. The van der Waals surface area contributed by atoms with E-state index in [0.717, 1.165) is 24.3 Å². The lowest BCUT2D eigenvalue weighted by Gasteiger charge is -2.12. The summed E-state index contributed by atoms with van der Waals surface area (Å²) in [6.07, 6.45) is -9.83. The molecule has 0 spiro atoms. The number of benzene rings is 4. The van der Waals surface area contributed by atoms with E-state index in [1.54, 1.807) is 36.4 Å². The first-order valence-electron chi connectivity index (χ1n) is 14.7. The van der Waals surface area contributed by atoms with E-state index < -0.39 is 66.6 Å². The molecule has 0 unspecified atom stereocenters. The van der Waals surface area contributed by atoms with E-state index in [0.29, 0.717) is 11.1 Å². The predicted octanol–water partition coefficient (Wildman–Crippen LogP) is 7.16. The number of oxime groups is 2. The van der Waals surface area contributed by atoms with Crippen molar-refractivity contribution in [1.82, 2.24) is 0 Å². The van der Waals surface area contributed by atoms with Crippen molar-refractivity contribution in [3.63, 3.8) is 0 Å². The standard InChI is InChI=1S/C33H28F6N2O8S2/c34-32(35,36)30(40-48-50(42,43)22-24-8-3-1-4-9-24)26-12-16-28(17-13-26)46-20-7-21-47-29-18-14-27(15-19-29)31(33(37,38)39)41-49-51(44,45)23-25-10-5-2-6-11-25/h1-6,8-19H,7,20-23H2. The van der Waals surface area contributed by atoms with Crippen LogP contribution in [0, 0.1) is 0 Å². The normalized spacial score (nSPS) is 13.1. The van der Waals surface area contributed by atoms with Gasteiger partial charge in [0.05, 0.1) is 13.2 Å². The summed E-state index contributed by atoms with van der Waals surface area (Å²) in [4.78, 5) is 0. The van der Waals surface area contributed by atoms with Gasteiger partial charge in [0.25, 0.3) is 0 Å². The minimum absolute atomic E-state index is 0.0398. The van der Waals surface area contributed by atoms with E-state index in [2.05, 4.69) is 18.9 Å². The second-order valence-electron chi connectivity index (χ2n) is 10.5. The van der Waals surface area contributed by atoms with Gasteiger partial charge in [-0.05, 0) is 59.7 Å². The monoisotopic (exact) mass is 758 g/mol. The maximum atomic E-state index is 13.7. The van der Waals surface area contributed by atoms with Gasteiger partial charge < -0.3 is 9.47 Å². The number of nitrogens with zero attached hydrogens (tertiary/aromatic N) is 2. The number of alkyl halides is 6. The van der Waals surface area contributed by atoms with E-state index in [9.17, 15) is 43.2 Å². The fraction of sp³-hybridized carbons (Fsp3) is 0.212. The highest BCUT2D eigenvalue weighted by atomic mass is 32.2. The molecule has 0 fully saturated rings. The zero-order chi connectivity index (χ0) is 37.1. The Morgan fingerprint density at radius 2 is 0.843 bits per heavy atom. The van der Waals surface area contributed by atoms with Gasteiger partial charge in [0, 0.05) is 17.5 Å². The van der Waals surface area contributed by atoms with Gasteiger partial charge in [-0.1, -0.05) is 71.0 Å². The summed E-state index contributed by atoms with van der Waals surface area (Å²) >= 11 is 0. The second kappa shape index (κ2) is 16.7. The fourth-order valence-electron chi connectivity index (χ4n) is 4.19. The van der Waals surface area contributed by atoms with E-state index in [4.69, 9.17) is 9.47 Å². The molecule has 51 heavy (non-hydrogen) atoms. The maximum absolute atomic E-state index is 13.7. The summed E-state index contributed by atoms with van der Waals surface area (Å²) in [6, 6.07) is 24.3. The van der Waals surface area contributed by atoms with Crippen molar-refractivity contribution in [3.8, 4) is 11.5 Å². The van der Waals surface area contributed by atoms with Crippen LogP contribution in [-0.2, 0) is 40.3 Å². The molecule has 0 amide bonds. The highest BCUT2D eigenvalue weighted by Gasteiger charge is 2.39. The van der Waals surface area contributed by atoms with Crippen LogP contribution in [0.4, 0.5) is 26.3 Å². The lowest BCUT2D eigenvalue weighted by molar-refractivity contribution is -0.0606. The van der Waals surface area contributed by atoms with Crippen molar-refractivity contribution >= 4 is 31.7 Å². The molecule has 0 saturated carbocycles. The van der Waals surface area contributed by atoms with Crippen molar-refractivity contribution < 1.29 is 61.2 Å². The minimum Gasteiger partial charge on any atom is -0.493 e. The van der Waals surface area contributed by atoms with Gasteiger partial charge in [-0.15, -0.1) is 0 Å². The van der Waals surface area contributed by atoms with Crippen LogP contribution in [0.2, 0.25) is 0 Å². The smallest absolute Gasteiger partial charge is 0.437 e. The SMILES string of the molecule is O=S(=O)(Cc1ccccc1)ON=C(c1ccc(OCCCOc2ccc(C(=NOS(=O)(=O)Cc3ccccc3)C(F)(F)F)cc2)cc1)C(F)(F)F. The molecule has 0 aliphatic carbocycles. The van der Waals surface area contributed by atoms with Crippen molar-refractivity contribution in [3.05, 3.63) is 131 Å². The van der Waals surface area contributed by atoms with Crippen molar-refractivity contribution in [2.45, 2.75) is 30.3 Å². The molecule has 4 rings (SSSR count). The molecule has 4 aromatic rings. The van der Waals surface area contributed by atoms with Crippen LogP contribution >= 0.6 is 0 Å². The summed E-state index contributed by atoms with van der Waals surface area (Å²) in [5.41, 5.74) is -3.49. The molecule has 18 heteroatoms. The third-order valence-corrected chi connectivity index (χ3v) is 8.45. The third-order valence-electron chi connectivity index (χ3n) is 6.48. The molecule has 0 bridgehead atoms. The van der Waals surface area contributed by atoms with Crippen LogP contribution in [0.3, 0.4) is 0 Å². The van der Waals surface area contributed by atoms with E-state index >= 15 is 0 Å². The van der Waals surface area contributed by atoms with E-state index in [-0.39, 0.29) is 31.1 Å². The van der Waals surface area contributed by atoms with Crippen molar-refractivity contribution in [1.29, 1.82) is 0 Å². The Kier molecular flexibility index (Phi) is 12.7. The maximum Gasteiger partial charge on any atom is 0.437 e. The van der Waals surface area contributed by atoms with Gasteiger partial charge in [0.15, 0.2) is 11.4 Å². The Labute approximate surface area is 289 Å². The number of hydrogen-bond donors (Lipinski definition) is 0. The average molecular weight is 759 g/mol. The van der Waals surface area contributed by atoms with Gasteiger partial charge >= 0.3 is 32.6 Å².